The fourth-order valence-corrected chi connectivity index (χ4v) is 1.47. The number of hydrogen-bond donors (Lipinski definition) is 1. The van der Waals surface area contributed by atoms with Gasteiger partial charge >= 0.3 is 0 Å². The zero-order valence-electron chi connectivity index (χ0n) is 7.03. The molecule has 64 valence electrons. The minimum absolute atomic E-state index is 0.450. The highest BCUT2D eigenvalue weighted by Gasteiger charge is 1.96. The average Bonchev–Trinajstić information content (AvgIpc) is 2.17. The van der Waals surface area contributed by atoms with E-state index in [4.69, 9.17) is 18.0 Å². The van der Waals surface area contributed by atoms with Gasteiger partial charge in [-0.05, 0) is 16.8 Å². The van der Waals surface area contributed by atoms with Crippen LogP contribution in [-0.2, 0) is 0 Å². The fourth-order valence-electron chi connectivity index (χ4n) is 1.34. The van der Waals surface area contributed by atoms with Gasteiger partial charge in [-0.25, -0.2) is 0 Å². The summed E-state index contributed by atoms with van der Waals surface area (Å²) in [5.41, 5.74) is 6.46. The van der Waals surface area contributed by atoms with E-state index in [1.54, 1.807) is 0 Å². The van der Waals surface area contributed by atoms with Crippen molar-refractivity contribution in [3.63, 3.8) is 0 Å². The highest BCUT2D eigenvalue weighted by molar-refractivity contribution is 7.80. The van der Waals surface area contributed by atoms with Gasteiger partial charge in [0.25, 0.3) is 0 Å². The molecular weight excluding hydrogens is 178 g/mol. The van der Waals surface area contributed by atoms with E-state index in [0.717, 1.165) is 5.56 Å². The van der Waals surface area contributed by atoms with Crippen molar-refractivity contribution in [3.05, 3.63) is 48.0 Å². The van der Waals surface area contributed by atoms with Crippen LogP contribution in [-0.4, -0.2) is 4.99 Å². The van der Waals surface area contributed by atoms with Crippen molar-refractivity contribution < 1.29 is 0 Å². The molecule has 0 amide bonds. The van der Waals surface area contributed by atoms with Crippen molar-refractivity contribution in [1.29, 1.82) is 0 Å². The molecule has 0 bridgehead atoms. The number of thiocarbonyl (C=S) groups is 1. The van der Waals surface area contributed by atoms with Crippen LogP contribution in [0.4, 0.5) is 0 Å². The van der Waals surface area contributed by atoms with E-state index in [-0.39, 0.29) is 0 Å². The zero-order chi connectivity index (χ0) is 9.26. The molecule has 2 N–H and O–H groups in total. The minimum atomic E-state index is 0.450. The van der Waals surface area contributed by atoms with Crippen molar-refractivity contribution in [3.8, 4) is 0 Å². The maximum absolute atomic E-state index is 5.54. The minimum Gasteiger partial charge on any atom is -0.389 e. The van der Waals surface area contributed by atoms with Gasteiger partial charge in [0.1, 0.15) is 4.99 Å². The van der Waals surface area contributed by atoms with Gasteiger partial charge in [-0.2, -0.15) is 0 Å². The number of rotatable bonds is 1. The van der Waals surface area contributed by atoms with Gasteiger partial charge < -0.3 is 5.73 Å². The third-order valence-corrected chi connectivity index (χ3v) is 2.27. The molecule has 2 aromatic carbocycles. The highest BCUT2D eigenvalue weighted by Crippen LogP contribution is 2.15. The van der Waals surface area contributed by atoms with Gasteiger partial charge in [0.05, 0.1) is 0 Å². The topological polar surface area (TPSA) is 26.0 Å². The van der Waals surface area contributed by atoms with Crippen molar-refractivity contribution in [2.75, 3.05) is 0 Å². The molecule has 0 saturated heterocycles. The maximum Gasteiger partial charge on any atom is 0.104 e. The van der Waals surface area contributed by atoms with E-state index in [9.17, 15) is 0 Å². The van der Waals surface area contributed by atoms with Crippen molar-refractivity contribution in [1.82, 2.24) is 0 Å². The van der Waals surface area contributed by atoms with Crippen LogP contribution < -0.4 is 5.73 Å². The molecule has 1 nitrogen and oxygen atoms in total. The molecule has 0 aliphatic heterocycles. The van der Waals surface area contributed by atoms with Gasteiger partial charge in [-0.1, -0.05) is 48.6 Å². The lowest BCUT2D eigenvalue weighted by atomic mass is 10.1. The van der Waals surface area contributed by atoms with Gasteiger partial charge in [-0.3, -0.25) is 0 Å². The van der Waals surface area contributed by atoms with Gasteiger partial charge in [-0.15, -0.1) is 0 Å². The van der Waals surface area contributed by atoms with Crippen LogP contribution in [0.25, 0.3) is 10.8 Å². The molecule has 0 fully saturated rings. The number of fused-ring (bicyclic) bond motifs is 1. The van der Waals surface area contributed by atoms with Gasteiger partial charge in [0.2, 0.25) is 0 Å². The van der Waals surface area contributed by atoms with Gasteiger partial charge in [0, 0.05) is 5.56 Å². The molecule has 0 aliphatic carbocycles. The Balaban J connectivity index is 2.69. The molecular formula is C11H9NS. The van der Waals surface area contributed by atoms with E-state index in [2.05, 4.69) is 12.1 Å². The molecule has 0 atom stereocenters. The molecule has 2 heteroatoms. The summed E-state index contributed by atoms with van der Waals surface area (Å²) in [6.07, 6.45) is 0. The highest BCUT2D eigenvalue weighted by atomic mass is 32.1. The Labute approximate surface area is 82.2 Å². The second-order valence-electron chi connectivity index (χ2n) is 2.93. The second kappa shape index (κ2) is 3.15. The Morgan fingerprint density at radius 3 is 2.38 bits per heavy atom. The smallest absolute Gasteiger partial charge is 0.104 e. The summed E-state index contributed by atoms with van der Waals surface area (Å²) in [6, 6.07) is 14.1. The van der Waals surface area contributed by atoms with Crippen LogP contribution in [0.15, 0.2) is 42.5 Å². The summed E-state index contributed by atoms with van der Waals surface area (Å²) < 4.78 is 0. The van der Waals surface area contributed by atoms with Crippen LogP contribution in [0.1, 0.15) is 5.56 Å². The molecule has 0 spiro atoms. The lowest BCUT2D eigenvalue weighted by Gasteiger charge is -2.00. The predicted octanol–water partition coefficient (Wildman–Crippen LogP) is 2.47. The molecule has 0 radical (unpaired) electrons. The lowest BCUT2D eigenvalue weighted by molar-refractivity contribution is 1.66. The van der Waals surface area contributed by atoms with Crippen molar-refractivity contribution >= 4 is 28.0 Å². The Bertz CT molecular complexity index is 462. The zero-order valence-corrected chi connectivity index (χ0v) is 7.84. The van der Waals surface area contributed by atoms with Crippen molar-refractivity contribution in [2.24, 2.45) is 5.73 Å². The normalized spacial score (nSPS) is 10.2. The van der Waals surface area contributed by atoms with Crippen LogP contribution >= 0.6 is 12.2 Å². The quantitative estimate of drug-likeness (QED) is 0.694. The summed E-state index contributed by atoms with van der Waals surface area (Å²) in [5, 5.41) is 2.38. The van der Waals surface area contributed by atoms with E-state index in [0.29, 0.717) is 4.99 Å². The van der Waals surface area contributed by atoms with Crippen molar-refractivity contribution in [2.45, 2.75) is 0 Å². The molecule has 0 aromatic heterocycles. The van der Waals surface area contributed by atoms with Crippen LogP contribution in [0.3, 0.4) is 0 Å². The third-order valence-electron chi connectivity index (χ3n) is 2.03. The Morgan fingerprint density at radius 1 is 1.00 bits per heavy atom. The van der Waals surface area contributed by atoms with Crippen LogP contribution in [0.5, 0.6) is 0 Å². The standard InChI is InChI=1S/C11H9NS/c12-11(13)10-6-5-8-3-1-2-4-9(8)7-10/h1-7H,(H2,12,13). The summed E-state index contributed by atoms with van der Waals surface area (Å²) in [7, 11) is 0. The molecule has 0 saturated carbocycles. The SMILES string of the molecule is NC(=S)c1ccc2ccccc2c1. The summed E-state index contributed by atoms with van der Waals surface area (Å²) in [6.45, 7) is 0. The molecule has 0 heterocycles. The molecule has 2 aromatic rings. The largest absolute Gasteiger partial charge is 0.389 e. The molecule has 0 unspecified atom stereocenters. The van der Waals surface area contributed by atoms with Crippen LogP contribution in [0.2, 0.25) is 0 Å². The first-order chi connectivity index (χ1) is 6.27. The van der Waals surface area contributed by atoms with E-state index >= 15 is 0 Å². The fraction of sp³-hybridized carbons (Fsp3) is 0. The Morgan fingerprint density at radius 2 is 1.69 bits per heavy atom. The third kappa shape index (κ3) is 1.53. The lowest BCUT2D eigenvalue weighted by Crippen LogP contribution is -2.08. The molecule has 2 rings (SSSR count). The summed E-state index contributed by atoms with van der Waals surface area (Å²) >= 11 is 4.90. The molecule has 0 aliphatic rings. The monoisotopic (exact) mass is 187 g/mol. The first kappa shape index (κ1) is 8.20. The van der Waals surface area contributed by atoms with Gasteiger partial charge in [0.15, 0.2) is 0 Å². The predicted molar refractivity (Wildman–Crippen MR) is 59.8 cm³/mol. The maximum atomic E-state index is 5.54. The summed E-state index contributed by atoms with van der Waals surface area (Å²) in [5.74, 6) is 0. The Hall–Kier alpha value is -1.41. The number of benzene rings is 2. The molecule has 13 heavy (non-hydrogen) atoms. The number of nitrogens with two attached hydrogens (primary N) is 1. The van der Waals surface area contributed by atoms with E-state index in [1.807, 2.05) is 30.3 Å². The summed E-state index contributed by atoms with van der Waals surface area (Å²) in [4.78, 5) is 0.450. The second-order valence-corrected chi connectivity index (χ2v) is 3.37. The van der Waals surface area contributed by atoms with E-state index in [1.165, 1.54) is 10.8 Å². The van der Waals surface area contributed by atoms with E-state index < -0.39 is 0 Å². The average molecular weight is 187 g/mol. The first-order valence-electron chi connectivity index (χ1n) is 4.06. The first-order valence-corrected chi connectivity index (χ1v) is 4.47. The van der Waals surface area contributed by atoms with Crippen LogP contribution in [0, 0.1) is 0 Å². The Kier molecular flexibility index (Phi) is 1.99. The number of hydrogen-bond acceptors (Lipinski definition) is 1.